The maximum atomic E-state index is 12.3. The van der Waals surface area contributed by atoms with Crippen LogP contribution < -0.4 is 0 Å². The van der Waals surface area contributed by atoms with Crippen LogP contribution in [0.1, 0.15) is 23.2 Å². The number of aliphatic carboxylic acids is 1. The lowest BCUT2D eigenvalue weighted by molar-refractivity contribution is -0.384. The van der Waals surface area contributed by atoms with Gasteiger partial charge in [-0.05, 0) is 25.0 Å². The summed E-state index contributed by atoms with van der Waals surface area (Å²) in [4.78, 5) is 34.8. The maximum absolute atomic E-state index is 12.3. The second-order valence-electron chi connectivity index (χ2n) is 4.83. The zero-order chi connectivity index (χ0) is 15.6. The molecule has 7 nitrogen and oxygen atoms in total. The van der Waals surface area contributed by atoms with Gasteiger partial charge < -0.3 is 10.0 Å². The number of benzene rings is 1. The monoisotopic (exact) mass is 312 g/mol. The van der Waals surface area contributed by atoms with E-state index in [0.29, 0.717) is 25.9 Å². The van der Waals surface area contributed by atoms with E-state index in [9.17, 15) is 19.7 Å². The highest BCUT2D eigenvalue weighted by molar-refractivity contribution is 6.32. The fourth-order valence-corrected chi connectivity index (χ4v) is 2.48. The molecule has 0 spiro atoms. The first-order chi connectivity index (χ1) is 9.90. The number of carbonyl (C=O) groups excluding carboxylic acids is 1. The minimum atomic E-state index is -0.857. The summed E-state index contributed by atoms with van der Waals surface area (Å²) in [7, 11) is 0. The highest BCUT2D eigenvalue weighted by atomic mass is 35.5. The summed E-state index contributed by atoms with van der Waals surface area (Å²) in [6.07, 6.45) is 0.771. The molecule has 1 amide bonds. The van der Waals surface area contributed by atoms with E-state index < -0.39 is 16.8 Å². The van der Waals surface area contributed by atoms with Crippen LogP contribution in [0.5, 0.6) is 0 Å². The fourth-order valence-electron chi connectivity index (χ4n) is 2.30. The number of rotatable bonds is 3. The highest BCUT2D eigenvalue weighted by Crippen LogP contribution is 2.26. The minimum absolute atomic E-state index is 0.0267. The summed E-state index contributed by atoms with van der Waals surface area (Å²) in [6.45, 7) is 0.651. The van der Waals surface area contributed by atoms with E-state index in [4.69, 9.17) is 16.7 Å². The number of hydrogen-bond donors (Lipinski definition) is 1. The average Bonchev–Trinajstić information content (AvgIpc) is 2.46. The molecule has 1 heterocycles. The number of amides is 1. The van der Waals surface area contributed by atoms with E-state index in [1.807, 2.05) is 0 Å². The molecule has 1 N–H and O–H groups in total. The van der Waals surface area contributed by atoms with E-state index in [-0.39, 0.29) is 22.2 Å². The number of nitrogens with zero attached hydrogens (tertiary/aromatic N) is 2. The van der Waals surface area contributed by atoms with E-state index in [1.54, 1.807) is 0 Å². The molecule has 0 bridgehead atoms. The lowest BCUT2D eigenvalue weighted by Crippen LogP contribution is -2.40. The quantitative estimate of drug-likeness (QED) is 0.681. The van der Waals surface area contributed by atoms with Crippen LogP contribution in [0.2, 0.25) is 5.02 Å². The zero-order valence-electron chi connectivity index (χ0n) is 11.0. The van der Waals surface area contributed by atoms with Gasteiger partial charge >= 0.3 is 5.97 Å². The molecular formula is C13H13ClN2O5. The number of piperidine rings is 1. The fraction of sp³-hybridized carbons (Fsp3) is 0.385. The predicted molar refractivity (Wildman–Crippen MR) is 74.4 cm³/mol. The van der Waals surface area contributed by atoms with Crippen LogP contribution in [0, 0.1) is 16.0 Å². The largest absolute Gasteiger partial charge is 0.481 e. The van der Waals surface area contributed by atoms with Crippen LogP contribution in [0.3, 0.4) is 0 Å². The molecule has 21 heavy (non-hydrogen) atoms. The molecule has 1 aliphatic rings. The molecule has 0 aromatic heterocycles. The smallest absolute Gasteiger partial charge is 0.306 e. The Morgan fingerprint density at radius 2 is 1.95 bits per heavy atom. The third kappa shape index (κ3) is 3.30. The summed E-state index contributed by atoms with van der Waals surface area (Å²) in [5.74, 6) is -1.64. The Balaban J connectivity index is 2.13. The Morgan fingerprint density at radius 1 is 1.33 bits per heavy atom. The average molecular weight is 313 g/mol. The number of carboxylic acids is 1. The van der Waals surface area contributed by atoms with Gasteiger partial charge in [0.2, 0.25) is 0 Å². The Kier molecular flexibility index (Phi) is 4.42. The van der Waals surface area contributed by atoms with Gasteiger partial charge in [0.05, 0.1) is 10.8 Å². The van der Waals surface area contributed by atoms with E-state index in [1.165, 1.54) is 17.0 Å². The van der Waals surface area contributed by atoms with Crippen molar-refractivity contribution in [2.75, 3.05) is 13.1 Å². The van der Waals surface area contributed by atoms with Gasteiger partial charge in [-0.3, -0.25) is 19.7 Å². The van der Waals surface area contributed by atoms with E-state index in [2.05, 4.69) is 0 Å². The molecule has 1 saturated heterocycles. The number of carboxylic acid groups (broad SMARTS) is 1. The summed E-state index contributed by atoms with van der Waals surface area (Å²) >= 11 is 5.70. The number of nitro groups is 1. The van der Waals surface area contributed by atoms with Crippen molar-refractivity contribution >= 4 is 29.2 Å². The highest BCUT2D eigenvalue weighted by Gasteiger charge is 2.28. The van der Waals surface area contributed by atoms with Crippen LogP contribution in [0.25, 0.3) is 0 Å². The second-order valence-corrected chi connectivity index (χ2v) is 5.24. The SMILES string of the molecule is O=C(O)C1CCN(C(=O)c2ccc(Cl)c([N+](=O)[O-])c2)CC1. The molecule has 112 valence electrons. The van der Waals surface area contributed by atoms with Crippen molar-refractivity contribution < 1.29 is 19.6 Å². The first kappa shape index (κ1) is 15.2. The Labute approximate surface area is 125 Å². The Morgan fingerprint density at radius 3 is 2.48 bits per heavy atom. The van der Waals surface area contributed by atoms with Crippen molar-refractivity contribution in [2.24, 2.45) is 5.92 Å². The molecule has 1 fully saturated rings. The molecule has 0 aliphatic carbocycles. The van der Waals surface area contributed by atoms with Crippen molar-refractivity contribution in [2.45, 2.75) is 12.8 Å². The Bertz CT molecular complexity index is 596. The van der Waals surface area contributed by atoms with E-state index >= 15 is 0 Å². The molecule has 0 saturated carbocycles. The van der Waals surface area contributed by atoms with Crippen molar-refractivity contribution in [3.8, 4) is 0 Å². The number of carbonyl (C=O) groups is 2. The molecule has 1 aliphatic heterocycles. The van der Waals surface area contributed by atoms with Crippen LogP contribution in [0.4, 0.5) is 5.69 Å². The molecule has 1 aromatic carbocycles. The third-order valence-electron chi connectivity index (χ3n) is 3.52. The van der Waals surface area contributed by atoms with Crippen LogP contribution in [-0.2, 0) is 4.79 Å². The van der Waals surface area contributed by atoms with Gasteiger partial charge in [-0.2, -0.15) is 0 Å². The Hall–Kier alpha value is -2.15. The summed E-state index contributed by atoms with van der Waals surface area (Å²) in [5.41, 5.74) is -0.136. The van der Waals surface area contributed by atoms with Gasteiger partial charge in [0, 0.05) is 24.7 Å². The van der Waals surface area contributed by atoms with Gasteiger partial charge in [-0.1, -0.05) is 11.6 Å². The summed E-state index contributed by atoms with van der Waals surface area (Å²) in [5, 5.41) is 19.7. The third-order valence-corrected chi connectivity index (χ3v) is 3.84. The lowest BCUT2D eigenvalue weighted by Gasteiger charge is -2.30. The van der Waals surface area contributed by atoms with Gasteiger partial charge in [0.1, 0.15) is 5.02 Å². The molecule has 0 atom stereocenters. The standard InChI is InChI=1S/C13H13ClN2O5/c14-10-2-1-9(7-11(10)16(20)21)12(17)15-5-3-8(4-6-15)13(18)19/h1-2,7-8H,3-6H2,(H,18,19). The molecule has 0 radical (unpaired) electrons. The van der Waals surface area contributed by atoms with Crippen molar-refractivity contribution in [1.29, 1.82) is 0 Å². The minimum Gasteiger partial charge on any atom is -0.481 e. The van der Waals surface area contributed by atoms with Gasteiger partial charge in [0.25, 0.3) is 11.6 Å². The topological polar surface area (TPSA) is 101 Å². The molecule has 8 heteroatoms. The van der Waals surface area contributed by atoms with Gasteiger partial charge in [0.15, 0.2) is 0 Å². The maximum Gasteiger partial charge on any atom is 0.306 e. The number of likely N-dealkylation sites (tertiary alicyclic amines) is 1. The lowest BCUT2D eigenvalue weighted by atomic mass is 9.96. The number of nitro benzene ring substituents is 1. The van der Waals surface area contributed by atoms with Crippen molar-refractivity contribution in [3.05, 3.63) is 38.9 Å². The molecule has 1 aromatic rings. The molecule has 0 unspecified atom stereocenters. The predicted octanol–water partition coefficient (Wildman–Crippen LogP) is 2.19. The summed E-state index contributed by atoms with van der Waals surface area (Å²) in [6, 6.07) is 3.89. The van der Waals surface area contributed by atoms with Crippen molar-refractivity contribution in [1.82, 2.24) is 4.90 Å². The molecule has 2 rings (SSSR count). The van der Waals surface area contributed by atoms with Crippen LogP contribution in [-0.4, -0.2) is 39.9 Å². The van der Waals surface area contributed by atoms with Gasteiger partial charge in [-0.15, -0.1) is 0 Å². The van der Waals surface area contributed by atoms with Crippen LogP contribution >= 0.6 is 11.6 Å². The molecular weight excluding hydrogens is 300 g/mol. The zero-order valence-corrected chi connectivity index (χ0v) is 11.7. The second kappa shape index (κ2) is 6.09. The number of halogens is 1. The first-order valence-electron chi connectivity index (χ1n) is 6.36. The first-order valence-corrected chi connectivity index (χ1v) is 6.74. The van der Waals surface area contributed by atoms with Gasteiger partial charge in [-0.25, -0.2) is 0 Å². The van der Waals surface area contributed by atoms with E-state index in [0.717, 1.165) is 6.07 Å². The normalized spacial score (nSPS) is 15.8. The van der Waals surface area contributed by atoms with Crippen LogP contribution in [0.15, 0.2) is 18.2 Å². The van der Waals surface area contributed by atoms with Crippen molar-refractivity contribution in [3.63, 3.8) is 0 Å². The number of hydrogen-bond acceptors (Lipinski definition) is 4. The summed E-state index contributed by atoms with van der Waals surface area (Å²) < 4.78 is 0.